The van der Waals surface area contributed by atoms with E-state index in [4.69, 9.17) is 5.11 Å². The van der Waals surface area contributed by atoms with Gasteiger partial charge in [-0.3, -0.25) is 9.59 Å². The number of aliphatic carboxylic acids is 1. The van der Waals surface area contributed by atoms with Gasteiger partial charge in [0.25, 0.3) is 0 Å². The summed E-state index contributed by atoms with van der Waals surface area (Å²) in [5.74, 6) is -2.06. The number of aryl methyl sites for hydroxylation is 1. The number of carbonyl (C=O) groups excluding carboxylic acids is 1. The molecule has 126 valence electrons. The van der Waals surface area contributed by atoms with E-state index in [9.17, 15) is 14.0 Å². The van der Waals surface area contributed by atoms with E-state index in [0.29, 0.717) is 6.54 Å². The molecular formula is C17H18FN3O3. The van der Waals surface area contributed by atoms with Crippen LogP contribution >= 0.6 is 0 Å². The Kier molecular flexibility index (Phi) is 4.09. The van der Waals surface area contributed by atoms with Crippen LogP contribution in [0, 0.1) is 25.6 Å². The third kappa shape index (κ3) is 2.89. The van der Waals surface area contributed by atoms with Gasteiger partial charge in [-0.05, 0) is 38.1 Å². The van der Waals surface area contributed by atoms with Crippen LogP contribution in [-0.4, -0.2) is 38.2 Å². The van der Waals surface area contributed by atoms with E-state index in [0.717, 1.165) is 22.6 Å². The lowest BCUT2D eigenvalue weighted by Crippen LogP contribution is -2.26. The van der Waals surface area contributed by atoms with Crippen molar-refractivity contribution < 1.29 is 19.1 Å². The van der Waals surface area contributed by atoms with Crippen molar-refractivity contribution in [3.8, 4) is 5.69 Å². The molecule has 1 fully saturated rings. The Morgan fingerprint density at radius 3 is 2.58 bits per heavy atom. The first-order valence-corrected chi connectivity index (χ1v) is 7.68. The molecule has 1 saturated heterocycles. The summed E-state index contributed by atoms with van der Waals surface area (Å²) in [6, 6.07) is 6.01. The third-order valence-corrected chi connectivity index (χ3v) is 4.43. The minimum absolute atomic E-state index is 0.0412. The van der Waals surface area contributed by atoms with Crippen molar-refractivity contribution in [3.63, 3.8) is 0 Å². The lowest BCUT2D eigenvalue weighted by Gasteiger charge is -2.16. The predicted octanol–water partition coefficient (Wildman–Crippen LogP) is 2.06. The molecule has 1 unspecified atom stereocenters. The van der Waals surface area contributed by atoms with Crippen LogP contribution in [0.2, 0.25) is 0 Å². The Hall–Kier alpha value is -2.70. The molecule has 1 aromatic heterocycles. The van der Waals surface area contributed by atoms with E-state index in [1.807, 2.05) is 13.8 Å². The number of rotatable bonds is 4. The van der Waals surface area contributed by atoms with E-state index in [2.05, 4.69) is 5.10 Å². The average Bonchev–Trinajstić information content (AvgIpc) is 3.04. The number of halogens is 1. The zero-order valence-corrected chi connectivity index (χ0v) is 13.5. The number of nitrogens with zero attached hydrogens (tertiary/aromatic N) is 3. The van der Waals surface area contributed by atoms with Crippen LogP contribution < -0.4 is 0 Å². The van der Waals surface area contributed by atoms with E-state index in [1.54, 1.807) is 21.7 Å². The maximum Gasteiger partial charge on any atom is 0.308 e. The van der Waals surface area contributed by atoms with Crippen LogP contribution in [0.15, 0.2) is 24.3 Å². The second-order valence-electron chi connectivity index (χ2n) is 6.05. The molecule has 2 aromatic rings. The zero-order chi connectivity index (χ0) is 17.4. The fourth-order valence-electron chi connectivity index (χ4n) is 3.02. The summed E-state index contributed by atoms with van der Waals surface area (Å²) in [6.07, 6.45) is 0.0412. The highest BCUT2D eigenvalue weighted by Crippen LogP contribution is 2.24. The number of amides is 1. The molecule has 6 nitrogen and oxygen atoms in total. The van der Waals surface area contributed by atoms with Gasteiger partial charge in [0.2, 0.25) is 5.91 Å². The summed E-state index contributed by atoms with van der Waals surface area (Å²) < 4.78 is 14.8. The van der Waals surface area contributed by atoms with Crippen LogP contribution in [0.1, 0.15) is 23.4 Å². The summed E-state index contributed by atoms with van der Waals surface area (Å²) in [5, 5.41) is 13.5. The van der Waals surface area contributed by atoms with Crippen LogP contribution in [0.4, 0.5) is 4.39 Å². The van der Waals surface area contributed by atoms with E-state index >= 15 is 0 Å². The molecule has 1 atom stereocenters. The zero-order valence-electron chi connectivity index (χ0n) is 13.5. The average molecular weight is 331 g/mol. The molecular weight excluding hydrogens is 313 g/mol. The van der Waals surface area contributed by atoms with Gasteiger partial charge in [0.15, 0.2) is 0 Å². The molecule has 1 aromatic carbocycles. The first-order chi connectivity index (χ1) is 11.4. The van der Waals surface area contributed by atoms with Gasteiger partial charge in [-0.25, -0.2) is 9.07 Å². The monoisotopic (exact) mass is 331 g/mol. The summed E-state index contributed by atoms with van der Waals surface area (Å²) in [5.41, 5.74) is 3.24. The van der Waals surface area contributed by atoms with E-state index < -0.39 is 11.9 Å². The lowest BCUT2D eigenvalue weighted by molar-refractivity contribution is -0.141. The highest BCUT2D eigenvalue weighted by atomic mass is 19.1. The fourth-order valence-corrected chi connectivity index (χ4v) is 3.02. The summed E-state index contributed by atoms with van der Waals surface area (Å²) in [6.45, 7) is 4.28. The quantitative estimate of drug-likeness (QED) is 0.930. The van der Waals surface area contributed by atoms with Gasteiger partial charge in [0, 0.05) is 30.8 Å². The van der Waals surface area contributed by atoms with Crippen molar-refractivity contribution in [2.75, 3.05) is 6.54 Å². The molecule has 0 saturated carbocycles. The maximum absolute atomic E-state index is 13.1. The number of carbonyl (C=O) groups is 2. The molecule has 0 bridgehead atoms. The second kappa shape index (κ2) is 6.07. The smallest absolute Gasteiger partial charge is 0.308 e. The van der Waals surface area contributed by atoms with Gasteiger partial charge >= 0.3 is 5.97 Å². The number of carboxylic acids is 1. The molecule has 3 rings (SSSR count). The fraction of sp³-hybridized carbons (Fsp3) is 0.353. The molecule has 1 aliphatic rings. The Labute approximate surface area is 138 Å². The van der Waals surface area contributed by atoms with Gasteiger partial charge in [0.1, 0.15) is 5.82 Å². The summed E-state index contributed by atoms with van der Waals surface area (Å²) >= 11 is 0. The topological polar surface area (TPSA) is 75.4 Å². The van der Waals surface area contributed by atoms with Gasteiger partial charge in [-0.1, -0.05) is 0 Å². The van der Waals surface area contributed by atoms with Crippen molar-refractivity contribution >= 4 is 11.9 Å². The second-order valence-corrected chi connectivity index (χ2v) is 6.05. The molecule has 2 heterocycles. The Morgan fingerprint density at radius 2 is 2.00 bits per heavy atom. The lowest BCUT2D eigenvalue weighted by atomic mass is 10.1. The van der Waals surface area contributed by atoms with Gasteiger partial charge < -0.3 is 10.0 Å². The van der Waals surface area contributed by atoms with Crippen molar-refractivity contribution in [3.05, 3.63) is 47.0 Å². The van der Waals surface area contributed by atoms with Gasteiger partial charge in [0.05, 0.1) is 17.3 Å². The Morgan fingerprint density at radius 1 is 1.33 bits per heavy atom. The first-order valence-electron chi connectivity index (χ1n) is 7.68. The standard InChI is InChI=1S/C17H18FN3O3/c1-10-15(9-20-8-12(17(23)24)7-16(20)22)11(2)21(19-10)14-5-3-13(18)4-6-14/h3-6,12H,7-9H2,1-2H3,(H,23,24). The van der Waals surface area contributed by atoms with E-state index in [-0.39, 0.29) is 24.7 Å². The molecule has 1 N–H and O–H groups in total. The highest BCUT2D eigenvalue weighted by Gasteiger charge is 2.34. The Balaban J connectivity index is 1.86. The van der Waals surface area contributed by atoms with Gasteiger partial charge in [-0.15, -0.1) is 0 Å². The minimum atomic E-state index is -0.943. The van der Waals surface area contributed by atoms with Crippen LogP contribution in [0.25, 0.3) is 5.69 Å². The molecule has 7 heteroatoms. The maximum atomic E-state index is 13.1. The predicted molar refractivity (Wildman–Crippen MR) is 84.2 cm³/mol. The largest absolute Gasteiger partial charge is 0.481 e. The highest BCUT2D eigenvalue weighted by molar-refractivity contribution is 5.86. The minimum Gasteiger partial charge on any atom is -0.481 e. The molecule has 0 aliphatic carbocycles. The number of carboxylic acid groups (broad SMARTS) is 1. The number of benzene rings is 1. The third-order valence-electron chi connectivity index (χ3n) is 4.43. The molecule has 0 radical (unpaired) electrons. The number of aromatic nitrogens is 2. The first kappa shape index (κ1) is 16.2. The SMILES string of the molecule is Cc1nn(-c2ccc(F)cc2)c(C)c1CN1CC(C(=O)O)CC1=O. The molecule has 24 heavy (non-hydrogen) atoms. The van der Waals surface area contributed by atoms with Crippen molar-refractivity contribution in [2.45, 2.75) is 26.8 Å². The van der Waals surface area contributed by atoms with Crippen molar-refractivity contribution in [2.24, 2.45) is 5.92 Å². The molecule has 0 spiro atoms. The van der Waals surface area contributed by atoms with Crippen LogP contribution in [0.3, 0.4) is 0 Å². The van der Waals surface area contributed by atoms with E-state index in [1.165, 1.54) is 12.1 Å². The molecule has 1 amide bonds. The Bertz CT molecular complexity index is 798. The van der Waals surface area contributed by atoms with Crippen LogP contribution in [0.5, 0.6) is 0 Å². The van der Waals surface area contributed by atoms with Gasteiger partial charge in [-0.2, -0.15) is 5.10 Å². The summed E-state index contributed by atoms with van der Waals surface area (Å²) in [7, 11) is 0. The summed E-state index contributed by atoms with van der Waals surface area (Å²) in [4.78, 5) is 24.7. The van der Waals surface area contributed by atoms with Crippen molar-refractivity contribution in [1.29, 1.82) is 0 Å². The normalized spacial score (nSPS) is 17.5. The number of hydrogen-bond acceptors (Lipinski definition) is 3. The molecule has 1 aliphatic heterocycles. The number of likely N-dealkylation sites (tertiary alicyclic amines) is 1. The van der Waals surface area contributed by atoms with Crippen molar-refractivity contribution in [1.82, 2.24) is 14.7 Å². The number of hydrogen-bond donors (Lipinski definition) is 1. The van der Waals surface area contributed by atoms with Crippen LogP contribution in [-0.2, 0) is 16.1 Å².